The summed E-state index contributed by atoms with van der Waals surface area (Å²) in [5, 5.41) is 4.98. The lowest BCUT2D eigenvalue weighted by Gasteiger charge is -2.32. The number of halogens is 2. The fourth-order valence-electron chi connectivity index (χ4n) is 3.91. The van der Waals surface area contributed by atoms with Crippen molar-refractivity contribution >= 4 is 23.2 Å². The molecule has 0 aromatic heterocycles. The van der Waals surface area contributed by atoms with Gasteiger partial charge in [0, 0.05) is 18.5 Å². The van der Waals surface area contributed by atoms with E-state index in [1.807, 2.05) is 12.1 Å². The minimum Gasteiger partial charge on any atom is -0.306 e. The molecule has 0 radical (unpaired) electrons. The summed E-state index contributed by atoms with van der Waals surface area (Å²) in [5.74, 6) is 0.371. The van der Waals surface area contributed by atoms with Crippen LogP contribution < -0.4 is 5.32 Å². The molecule has 26 heavy (non-hydrogen) atoms. The molecule has 0 spiro atoms. The van der Waals surface area contributed by atoms with Crippen molar-refractivity contribution in [2.75, 3.05) is 0 Å². The smallest absolute Gasteiger partial charge is 0.0595 e. The van der Waals surface area contributed by atoms with Crippen molar-refractivity contribution in [2.45, 2.75) is 31.3 Å². The first-order valence-corrected chi connectivity index (χ1v) is 9.79. The zero-order chi connectivity index (χ0) is 17.9. The van der Waals surface area contributed by atoms with Gasteiger partial charge in [0.25, 0.3) is 0 Å². The van der Waals surface area contributed by atoms with Crippen LogP contribution in [0.5, 0.6) is 0 Å². The van der Waals surface area contributed by atoms with Crippen molar-refractivity contribution in [3.8, 4) is 0 Å². The van der Waals surface area contributed by atoms with Gasteiger partial charge in [-0.1, -0.05) is 83.9 Å². The lowest BCUT2D eigenvalue weighted by atomic mass is 9.76. The van der Waals surface area contributed by atoms with Crippen LogP contribution in [-0.2, 0) is 6.54 Å². The van der Waals surface area contributed by atoms with Gasteiger partial charge in [0.05, 0.1) is 10.0 Å². The van der Waals surface area contributed by atoms with Crippen LogP contribution in [0.4, 0.5) is 0 Å². The standard InChI is InChI=1S/C23H21Cl2N/c24-21-12-10-17(14-22(21)25)18-11-13-23(20-9-5-4-8-19(18)20)26-15-16-6-2-1-3-7-16/h1-10,12,14,18,23,26H,11,13,15H2/t18-,23-/m0/s1. The van der Waals surface area contributed by atoms with E-state index in [0.717, 1.165) is 19.4 Å². The minimum absolute atomic E-state index is 0.371. The highest BCUT2D eigenvalue weighted by molar-refractivity contribution is 6.42. The lowest BCUT2D eigenvalue weighted by Crippen LogP contribution is -2.26. The molecule has 1 aliphatic carbocycles. The topological polar surface area (TPSA) is 12.0 Å². The van der Waals surface area contributed by atoms with Crippen LogP contribution in [0.25, 0.3) is 0 Å². The fraction of sp³-hybridized carbons (Fsp3) is 0.217. The maximum Gasteiger partial charge on any atom is 0.0595 e. The van der Waals surface area contributed by atoms with Gasteiger partial charge in [0.1, 0.15) is 0 Å². The first kappa shape index (κ1) is 17.6. The van der Waals surface area contributed by atoms with Crippen molar-refractivity contribution in [3.63, 3.8) is 0 Å². The van der Waals surface area contributed by atoms with E-state index in [1.54, 1.807) is 0 Å². The Bertz CT molecular complexity index is 892. The number of rotatable bonds is 4. The van der Waals surface area contributed by atoms with Crippen LogP contribution in [-0.4, -0.2) is 0 Å². The van der Waals surface area contributed by atoms with Crippen molar-refractivity contribution in [3.05, 3.63) is 105 Å². The number of hydrogen-bond acceptors (Lipinski definition) is 1. The van der Waals surface area contributed by atoms with E-state index in [-0.39, 0.29) is 0 Å². The quantitative estimate of drug-likeness (QED) is 0.526. The number of nitrogens with one attached hydrogen (secondary N) is 1. The average Bonchev–Trinajstić information content (AvgIpc) is 2.69. The molecule has 2 atom stereocenters. The number of fused-ring (bicyclic) bond motifs is 1. The summed E-state index contributed by atoms with van der Waals surface area (Å²) in [6.45, 7) is 0.886. The maximum absolute atomic E-state index is 6.26. The van der Waals surface area contributed by atoms with Crippen molar-refractivity contribution in [1.29, 1.82) is 0 Å². The fourth-order valence-corrected chi connectivity index (χ4v) is 4.22. The third-order valence-corrected chi connectivity index (χ3v) is 5.97. The first-order chi connectivity index (χ1) is 12.7. The van der Waals surface area contributed by atoms with Gasteiger partial charge in [-0.15, -0.1) is 0 Å². The Balaban J connectivity index is 1.59. The molecule has 0 saturated heterocycles. The third kappa shape index (κ3) is 3.66. The lowest BCUT2D eigenvalue weighted by molar-refractivity contribution is 0.440. The minimum atomic E-state index is 0.371. The second-order valence-corrected chi connectivity index (χ2v) is 7.67. The monoisotopic (exact) mass is 381 g/mol. The maximum atomic E-state index is 6.26. The molecule has 0 bridgehead atoms. The predicted octanol–water partition coefficient (Wildman–Crippen LogP) is 6.75. The van der Waals surface area contributed by atoms with Gasteiger partial charge in [-0.25, -0.2) is 0 Å². The highest BCUT2D eigenvalue weighted by atomic mass is 35.5. The molecule has 1 aliphatic rings. The Morgan fingerprint density at radius 2 is 1.50 bits per heavy atom. The Hall–Kier alpha value is -1.80. The summed E-state index contributed by atoms with van der Waals surface area (Å²) in [6, 6.07) is 25.7. The SMILES string of the molecule is Clc1ccc([C@@H]2CC[C@H](NCc3ccccc3)c3ccccc32)cc1Cl. The second-order valence-electron chi connectivity index (χ2n) is 6.85. The third-order valence-electron chi connectivity index (χ3n) is 5.23. The van der Waals surface area contributed by atoms with E-state index in [2.05, 4.69) is 66.0 Å². The molecule has 0 aliphatic heterocycles. The Kier molecular flexibility index (Phi) is 5.31. The summed E-state index contributed by atoms with van der Waals surface area (Å²) < 4.78 is 0. The predicted molar refractivity (Wildman–Crippen MR) is 110 cm³/mol. The second kappa shape index (κ2) is 7.84. The molecule has 0 saturated carbocycles. The van der Waals surface area contributed by atoms with Crippen LogP contribution >= 0.6 is 23.2 Å². The molecular formula is C23H21Cl2N. The van der Waals surface area contributed by atoms with E-state index in [9.17, 15) is 0 Å². The Labute approximate surface area is 165 Å². The van der Waals surface area contributed by atoms with E-state index >= 15 is 0 Å². The Morgan fingerprint density at radius 1 is 0.769 bits per heavy atom. The zero-order valence-electron chi connectivity index (χ0n) is 14.5. The summed E-state index contributed by atoms with van der Waals surface area (Å²) in [7, 11) is 0. The van der Waals surface area contributed by atoms with Crippen molar-refractivity contribution in [1.82, 2.24) is 5.32 Å². The van der Waals surface area contributed by atoms with Gasteiger partial charge in [-0.2, -0.15) is 0 Å². The van der Waals surface area contributed by atoms with Crippen LogP contribution in [0.2, 0.25) is 10.0 Å². The molecule has 132 valence electrons. The van der Waals surface area contributed by atoms with Crippen LogP contribution in [0.3, 0.4) is 0 Å². The molecule has 0 fully saturated rings. The van der Waals surface area contributed by atoms with Crippen LogP contribution in [0.1, 0.15) is 47.1 Å². The van der Waals surface area contributed by atoms with Crippen LogP contribution in [0, 0.1) is 0 Å². The largest absolute Gasteiger partial charge is 0.306 e. The average molecular weight is 382 g/mol. The van der Waals surface area contributed by atoms with E-state index in [4.69, 9.17) is 23.2 Å². The zero-order valence-corrected chi connectivity index (χ0v) is 16.0. The summed E-state index contributed by atoms with van der Waals surface area (Å²) in [4.78, 5) is 0. The normalized spacial score (nSPS) is 19.2. The number of hydrogen-bond donors (Lipinski definition) is 1. The van der Waals surface area contributed by atoms with Crippen molar-refractivity contribution in [2.24, 2.45) is 0 Å². The molecule has 4 rings (SSSR count). The molecular weight excluding hydrogens is 361 g/mol. The summed E-state index contributed by atoms with van der Waals surface area (Å²) in [5.41, 5.74) is 5.35. The molecule has 3 heteroatoms. The molecule has 0 amide bonds. The van der Waals surface area contributed by atoms with Gasteiger partial charge in [-0.05, 0) is 47.2 Å². The highest BCUT2D eigenvalue weighted by Crippen LogP contribution is 2.42. The molecule has 0 heterocycles. The van der Waals surface area contributed by atoms with Gasteiger partial charge in [0.2, 0.25) is 0 Å². The van der Waals surface area contributed by atoms with Gasteiger partial charge in [-0.3, -0.25) is 0 Å². The van der Waals surface area contributed by atoms with E-state index in [0.29, 0.717) is 22.0 Å². The van der Waals surface area contributed by atoms with E-state index in [1.165, 1.54) is 22.3 Å². The highest BCUT2D eigenvalue weighted by Gasteiger charge is 2.27. The molecule has 3 aromatic carbocycles. The molecule has 1 nitrogen and oxygen atoms in total. The van der Waals surface area contributed by atoms with Gasteiger partial charge >= 0.3 is 0 Å². The number of benzene rings is 3. The van der Waals surface area contributed by atoms with E-state index < -0.39 is 0 Å². The van der Waals surface area contributed by atoms with Gasteiger partial charge < -0.3 is 5.32 Å². The van der Waals surface area contributed by atoms with Gasteiger partial charge in [0.15, 0.2) is 0 Å². The van der Waals surface area contributed by atoms with Crippen LogP contribution in [0.15, 0.2) is 72.8 Å². The Morgan fingerprint density at radius 3 is 2.27 bits per heavy atom. The molecule has 3 aromatic rings. The summed E-state index contributed by atoms with van der Waals surface area (Å²) in [6.07, 6.45) is 2.20. The summed E-state index contributed by atoms with van der Waals surface area (Å²) >= 11 is 12.4. The van der Waals surface area contributed by atoms with Crippen molar-refractivity contribution < 1.29 is 0 Å². The molecule has 1 N–H and O–H groups in total. The molecule has 0 unspecified atom stereocenters. The first-order valence-electron chi connectivity index (χ1n) is 9.03.